The second kappa shape index (κ2) is 4.49. The first-order valence-electron chi connectivity index (χ1n) is 5.37. The molecule has 5 nitrogen and oxygen atoms in total. The third-order valence-electron chi connectivity index (χ3n) is 2.45. The zero-order chi connectivity index (χ0) is 11.5. The fourth-order valence-corrected chi connectivity index (χ4v) is 1.58. The van der Waals surface area contributed by atoms with E-state index in [1.807, 2.05) is 24.6 Å². The van der Waals surface area contributed by atoms with Crippen LogP contribution in [0, 0.1) is 0 Å². The van der Waals surface area contributed by atoms with E-state index in [0.717, 1.165) is 24.5 Å². The summed E-state index contributed by atoms with van der Waals surface area (Å²) in [7, 11) is 0. The van der Waals surface area contributed by atoms with Crippen LogP contribution in [0.4, 0.5) is 5.82 Å². The van der Waals surface area contributed by atoms with Crippen LogP contribution >= 0.6 is 0 Å². The Hall–Kier alpha value is -1.62. The van der Waals surface area contributed by atoms with Crippen molar-refractivity contribution in [1.82, 2.24) is 15.1 Å². The molecular formula is C11H16N4O. The Morgan fingerprint density at radius 1 is 1.62 bits per heavy atom. The number of carbonyl (C=O) groups is 1. The van der Waals surface area contributed by atoms with E-state index in [9.17, 15) is 4.79 Å². The first kappa shape index (κ1) is 10.9. The predicted molar refractivity (Wildman–Crippen MR) is 62.2 cm³/mol. The summed E-state index contributed by atoms with van der Waals surface area (Å²) >= 11 is 0. The number of amides is 1. The predicted octanol–water partition coefficient (Wildman–Crippen LogP) is 0.932. The van der Waals surface area contributed by atoms with Gasteiger partial charge in [0.05, 0.1) is 12.2 Å². The monoisotopic (exact) mass is 220 g/mol. The summed E-state index contributed by atoms with van der Waals surface area (Å²) in [5.74, 6) is 0.656. The zero-order valence-corrected chi connectivity index (χ0v) is 9.53. The van der Waals surface area contributed by atoms with Crippen molar-refractivity contribution in [2.24, 2.45) is 0 Å². The number of allylic oxidation sites excluding steroid dienone is 1. The topological polar surface area (TPSA) is 59.0 Å². The van der Waals surface area contributed by atoms with Gasteiger partial charge in [-0.1, -0.05) is 5.57 Å². The van der Waals surface area contributed by atoms with Gasteiger partial charge < -0.3 is 10.6 Å². The summed E-state index contributed by atoms with van der Waals surface area (Å²) in [4.78, 5) is 11.6. The van der Waals surface area contributed by atoms with Gasteiger partial charge >= 0.3 is 0 Å². The summed E-state index contributed by atoms with van der Waals surface area (Å²) in [6.07, 6.45) is 3.28. The molecule has 0 saturated carbocycles. The highest BCUT2D eigenvalue weighted by atomic mass is 16.1. The molecule has 5 heteroatoms. The smallest absolute Gasteiger partial charge is 0.249 e. The van der Waals surface area contributed by atoms with Crippen LogP contribution in [-0.2, 0) is 4.79 Å². The number of nitrogens with zero attached hydrogens (tertiary/aromatic N) is 2. The molecule has 0 radical (unpaired) electrons. The maximum absolute atomic E-state index is 11.6. The standard InChI is InChI=1S/C11H16N4O/c1-8(2)5-11(16)14-10-3-4-13-15(10)9-6-12-7-9/h3-5,9,12H,6-7H2,1-2H3,(H,14,16). The Balaban J connectivity index is 2.06. The lowest BCUT2D eigenvalue weighted by atomic mass is 10.2. The van der Waals surface area contributed by atoms with Gasteiger partial charge in [-0.2, -0.15) is 5.10 Å². The highest BCUT2D eigenvalue weighted by Crippen LogP contribution is 2.17. The number of anilines is 1. The van der Waals surface area contributed by atoms with Crippen LogP contribution < -0.4 is 10.6 Å². The fraction of sp³-hybridized carbons (Fsp3) is 0.455. The Morgan fingerprint density at radius 3 is 2.94 bits per heavy atom. The lowest BCUT2D eigenvalue weighted by Crippen LogP contribution is -2.44. The van der Waals surface area contributed by atoms with Crippen molar-refractivity contribution in [3.63, 3.8) is 0 Å². The van der Waals surface area contributed by atoms with E-state index >= 15 is 0 Å². The van der Waals surface area contributed by atoms with E-state index < -0.39 is 0 Å². The molecule has 86 valence electrons. The molecule has 1 fully saturated rings. The number of hydrogen-bond acceptors (Lipinski definition) is 3. The van der Waals surface area contributed by atoms with Crippen molar-refractivity contribution in [2.75, 3.05) is 18.4 Å². The van der Waals surface area contributed by atoms with Gasteiger partial charge in [0.25, 0.3) is 0 Å². The largest absolute Gasteiger partial charge is 0.312 e. The van der Waals surface area contributed by atoms with E-state index in [0.29, 0.717) is 6.04 Å². The second-order valence-corrected chi connectivity index (χ2v) is 4.18. The minimum atomic E-state index is -0.103. The van der Waals surface area contributed by atoms with Crippen molar-refractivity contribution >= 4 is 11.7 Å². The van der Waals surface area contributed by atoms with Crippen molar-refractivity contribution < 1.29 is 4.79 Å². The van der Waals surface area contributed by atoms with Gasteiger partial charge in [-0.15, -0.1) is 0 Å². The van der Waals surface area contributed by atoms with Crippen LogP contribution in [0.3, 0.4) is 0 Å². The number of hydrogen-bond donors (Lipinski definition) is 2. The van der Waals surface area contributed by atoms with Gasteiger partial charge in [0.15, 0.2) is 0 Å². The molecule has 0 aromatic carbocycles. The van der Waals surface area contributed by atoms with Gasteiger partial charge in [-0.3, -0.25) is 4.79 Å². The summed E-state index contributed by atoms with van der Waals surface area (Å²) in [5, 5.41) is 10.2. The van der Waals surface area contributed by atoms with E-state index in [1.165, 1.54) is 0 Å². The van der Waals surface area contributed by atoms with Crippen LogP contribution in [0.25, 0.3) is 0 Å². The van der Waals surface area contributed by atoms with E-state index in [4.69, 9.17) is 0 Å². The van der Waals surface area contributed by atoms with E-state index in [1.54, 1.807) is 12.3 Å². The van der Waals surface area contributed by atoms with Crippen LogP contribution in [0.1, 0.15) is 19.9 Å². The van der Waals surface area contributed by atoms with E-state index in [-0.39, 0.29) is 5.91 Å². The minimum Gasteiger partial charge on any atom is -0.312 e. The average Bonchev–Trinajstić information content (AvgIpc) is 2.48. The van der Waals surface area contributed by atoms with Crippen molar-refractivity contribution in [3.8, 4) is 0 Å². The Kier molecular flexibility index (Phi) is 3.05. The van der Waals surface area contributed by atoms with E-state index in [2.05, 4.69) is 15.7 Å². The van der Waals surface area contributed by atoms with Crippen molar-refractivity contribution in [2.45, 2.75) is 19.9 Å². The molecule has 2 rings (SSSR count). The summed E-state index contributed by atoms with van der Waals surface area (Å²) in [6.45, 7) is 5.61. The molecule has 1 amide bonds. The first-order chi connectivity index (χ1) is 7.66. The third kappa shape index (κ3) is 2.30. The first-order valence-corrected chi connectivity index (χ1v) is 5.37. The Morgan fingerprint density at radius 2 is 2.38 bits per heavy atom. The number of carbonyl (C=O) groups excluding carboxylic acids is 1. The Bertz CT molecular complexity index is 413. The third-order valence-corrected chi connectivity index (χ3v) is 2.45. The highest BCUT2D eigenvalue weighted by Gasteiger charge is 2.21. The molecule has 0 unspecified atom stereocenters. The maximum Gasteiger partial charge on any atom is 0.249 e. The van der Waals surface area contributed by atoms with Gasteiger partial charge in [-0.25, -0.2) is 4.68 Å². The van der Waals surface area contributed by atoms with Gasteiger partial charge in [0, 0.05) is 25.2 Å². The lowest BCUT2D eigenvalue weighted by Gasteiger charge is -2.28. The summed E-state index contributed by atoms with van der Waals surface area (Å²) in [6, 6.07) is 2.17. The number of aromatic nitrogens is 2. The quantitative estimate of drug-likeness (QED) is 0.745. The van der Waals surface area contributed by atoms with Crippen LogP contribution in [0.5, 0.6) is 0 Å². The SMILES string of the molecule is CC(C)=CC(=O)Nc1ccnn1C1CNC1. The minimum absolute atomic E-state index is 0.103. The van der Waals surface area contributed by atoms with Gasteiger partial charge in [0.2, 0.25) is 5.91 Å². The molecule has 2 N–H and O–H groups in total. The normalized spacial score (nSPS) is 15.4. The molecule has 1 aromatic heterocycles. The van der Waals surface area contributed by atoms with Crippen molar-refractivity contribution in [1.29, 1.82) is 0 Å². The highest BCUT2D eigenvalue weighted by molar-refractivity contribution is 5.99. The van der Waals surface area contributed by atoms with Crippen LogP contribution in [0.15, 0.2) is 23.9 Å². The van der Waals surface area contributed by atoms with Gasteiger partial charge in [-0.05, 0) is 13.8 Å². The Labute approximate surface area is 94.5 Å². The molecule has 16 heavy (non-hydrogen) atoms. The van der Waals surface area contributed by atoms with Crippen molar-refractivity contribution in [3.05, 3.63) is 23.9 Å². The molecular weight excluding hydrogens is 204 g/mol. The number of rotatable bonds is 3. The molecule has 1 saturated heterocycles. The summed E-state index contributed by atoms with van der Waals surface area (Å²) in [5.41, 5.74) is 0.980. The molecule has 0 spiro atoms. The maximum atomic E-state index is 11.6. The fourth-order valence-electron chi connectivity index (χ4n) is 1.58. The second-order valence-electron chi connectivity index (χ2n) is 4.18. The van der Waals surface area contributed by atoms with Gasteiger partial charge in [0.1, 0.15) is 5.82 Å². The van der Waals surface area contributed by atoms with Crippen LogP contribution in [-0.4, -0.2) is 28.8 Å². The molecule has 1 aliphatic heterocycles. The molecule has 0 aliphatic carbocycles. The molecule has 2 heterocycles. The molecule has 1 aliphatic rings. The molecule has 0 bridgehead atoms. The molecule has 1 aromatic rings. The number of nitrogens with one attached hydrogen (secondary N) is 2. The summed E-state index contributed by atoms with van der Waals surface area (Å²) < 4.78 is 1.85. The lowest BCUT2D eigenvalue weighted by molar-refractivity contribution is -0.112. The molecule has 0 atom stereocenters. The zero-order valence-electron chi connectivity index (χ0n) is 9.53. The van der Waals surface area contributed by atoms with Crippen LogP contribution in [0.2, 0.25) is 0 Å². The average molecular weight is 220 g/mol.